The average Bonchev–Trinajstić information content (AvgIpc) is 2.18. The van der Waals surface area contributed by atoms with Crippen LogP contribution in [-0.2, 0) is 6.18 Å². The smallest absolute Gasteiger partial charge is 0.399 e. The number of hydrogen-bond donors (Lipinski definition) is 1. The Hall–Kier alpha value is -1.67. The van der Waals surface area contributed by atoms with Crippen LogP contribution >= 0.6 is 0 Å². The number of nitrogens with two attached hydrogens (primary N) is 1. The molecule has 0 aromatic heterocycles. The molecule has 1 aromatic carbocycles. The molecular weight excluding hydrogens is 229 g/mol. The van der Waals surface area contributed by atoms with Gasteiger partial charge in [-0.2, -0.15) is 13.2 Å². The van der Waals surface area contributed by atoms with Crippen LogP contribution in [-0.4, -0.2) is 25.5 Å². The predicted molar refractivity (Wildman–Crippen MR) is 61.3 cm³/mol. The lowest BCUT2D eigenvalue weighted by Gasteiger charge is -2.09. The fourth-order valence-corrected chi connectivity index (χ4v) is 1.20. The average molecular weight is 242 g/mol. The molecule has 0 heterocycles. The van der Waals surface area contributed by atoms with Crippen LogP contribution in [0.1, 0.15) is 11.1 Å². The molecule has 0 saturated carbocycles. The monoisotopic (exact) mass is 242 g/mol. The Morgan fingerprint density at radius 1 is 1.29 bits per heavy atom. The van der Waals surface area contributed by atoms with Gasteiger partial charge in [0.15, 0.2) is 0 Å². The lowest BCUT2D eigenvalue weighted by atomic mass is 10.1. The van der Waals surface area contributed by atoms with E-state index in [2.05, 4.69) is 11.8 Å². The summed E-state index contributed by atoms with van der Waals surface area (Å²) in [6.45, 7) is 0.404. The van der Waals surface area contributed by atoms with Crippen LogP contribution in [0.15, 0.2) is 18.2 Å². The third-order valence-corrected chi connectivity index (χ3v) is 1.97. The number of nitrogens with zero attached hydrogens (tertiary/aromatic N) is 1. The minimum absolute atomic E-state index is 0.0476. The zero-order chi connectivity index (χ0) is 13.1. The molecule has 0 saturated heterocycles. The highest BCUT2D eigenvalue weighted by Crippen LogP contribution is 2.32. The van der Waals surface area contributed by atoms with Gasteiger partial charge in [-0.3, -0.25) is 4.90 Å². The number of benzene rings is 1. The van der Waals surface area contributed by atoms with Gasteiger partial charge in [-0.1, -0.05) is 11.8 Å². The van der Waals surface area contributed by atoms with Gasteiger partial charge >= 0.3 is 6.18 Å². The highest BCUT2D eigenvalue weighted by molar-refractivity contribution is 5.51. The summed E-state index contributed by atoms with van der Waals surface area (Å²) in [6.07, 6.45) is -4.43. The molecule has 2 nitrogen and oxygen atoms in total. The van der Waals surface area contributed by atoms with E-state index in [1.165, 1.54) is 12.1 Å². The lowest BCUT2D eigenvalue weighted by molar-refractivity contribution is -0.137. The van der Waals surface area contributed by atoms with E-state index in [0.717, 1.165) is 6.07 Å². The van der Waals surface area contributed by atoms with Crippen LogP contribution in [0.25, 0.3) is 0 Å². The second kappa shape index (κ2) is 5.11. The molecule has 0 amide bonds. The van der Waals surface area contributed by atoms with Gasteiger partial charge in [-0.15, -0.1) is 0 Å². The number of alkyl halides is 3. The molecule has 0 unspecified atom stereocenters. The molecular formula is C12H13F3N2. The zero-order valence-electron chi connectivity index (χ0n) is 9.60. The van der Waals surface area contributed by atoms with E-state index in [4.69, 9.17) is 5.73 Å². The maximum Gasteiger partial charge on any atom is 0.417 e. The molecule has 0 atom stereocenters. The Morgan fingerprint density at radius 3 is 2.47 bits per heavy atom. The standard InChI is InChI=1S/C12H13F3N2/c1-17(2)7-3-4-9-5-6-10(16)8-11(9)12(13,14)15/h5-6,8H,7,16H2,1-2H3. The largest absolute Gasteiger partial charge is 0.417 e. The van der Waals surface area contributed by atoms with Gasteiger partial charge in [0.1, 0.15) is 0 Å². The number of nitrogen functional groups attached to an aromatic ring is 1. The molecule has 92 valence electrons. The summed E-state index contributed by atoms with van der Waals surface area (Å²) in [5, 5.41) is 0. The number of rotatable bonds is 1. The summed E-state index contributed by atoms with van der Waals surface area (Å²) >= 11 is 0. The molecule has 0 aliphatic carbocycles. The molecule has 0 aliphatic heterocycles. The molecule has 0 fully saturated rings. The van der Waals surface area contributed by atoms with E-state index in [0.29, 0.717) is 6.54 Å². The normalized spacial score (nSPS) is 11.2. The molecule has 0 radical (unpaired) electrons. The van der Waals surface area contributed by atoms with E-state index in [9.17, 15) is 13.2 Å². The van der Waals surface area contributed by atoms with Crippen molar-refractivity contribution in [2.24, 2.45) is 0 Å². The van der Waals surface area contributed by atoms with E-state index < -0.39 is 11.7 Å². The Bertz CT molecular complexity index is 453. The van der Waals surface area contributed by atoms with Crippen molar-refractivity contribution in [3.63, 3.8) is 0 Å². The highest BCUT2D eigenvalue weighted by Gasteiger charge is 2.33. The van der Waals surface area contributed by atoms with Gasteiger partial charge in [-0.05, 0) is 32.3 Å². The Kier molecular flexibility index (Phi) is 4.02. The van der Waals surface area contributed by atoms with Crippen LogP contribution in [0.2, 0.25) is 0 Å². The van der Waals surface area contributed by atoms with E-state index >= 15 is 0 Å². The van der Waals surface area contributed by atoms with Crippen LogP contribution in [0.3, 0.4) is 0 Å². The van der Waals surface area contributed by atoms with Crippen LogP contribution in [0.5, 0.6) is 0 Å². The summed E-state index contributed by atoms with van der Waals surface area (Å²) in [5.74, 6) is 5.18. The van der Waals surface area contributed by atoms with Crippen molar-refractivity contribution in [2.45, 2.75) is 6.18 Å². The van der Waals surface area contributed by atoms with Crippen LogP contribution in [0, 0.1) is 11.8 Å². The molecule has 0 spiro atoms. The van der Waals surface area contributed by atoms with E-state index in [1.54, 1.807) is 19.0 Å². The minimum Gasteiger partial charge on any atom is -0.399 e. The predicted octanol–water partition coefficient (Wildman–Crippen LogP) is 2.20. The second-order valence-corrected chi connectivity index (χ2v) is 3.84. The molecule has 1 rings (SSSR count). The first-order chi connectivity index (χ1) is 7.80. The van der Waals surface area contributed by atoms with E-state index in [1.807, 2.05) is 0 Å². The summed E-state index contributed by atoms with van der Waals surface area (Å²) < 4.78 is 38.0. The fourth-order valence-electron chi connectivity index (χ4n) is 1.20. The summed E-state index contributed by atoms with van der Waals surface area (Å²) in [7, 11) is 3.59. The number of anilines is 1. The van der Waals surface area contributed by atoms with Crippen LogP contribution < -0.4 is 5.73 Å². The zero-order valence-corrected chi connectivity index (χ0v) is 9.60. The molecule has 1 aromatic rings. The SMILES string of the molecule is CN(C)CC#Cc1ccc(N)cc1C(F)(F)F. The Balaban J connectivity index is 3.10. The van der Waals surface area contributed by atoms with Crippen LogP contribution in [0.4, 0.5) is 18.9 Å². The molecule has 5 heteroatoms. The first kappa shape index (κ1) is 13.4. The minimum atomic E-state index is -4.43. The quantitative estimate of drug-likeness (QED) is 0.604. The van der Waals surface area contributed by atoms with Gasteiger partial charge in [0.25, 0.3) is 0 Å². The Labute approximate surface area is 98.2 Å². The van der Waals surface area contributed by atoms with Crippen molar-refractivity contribution >= 4 is 5.69 Å². The lowest BCUT2D eigenvalue weighted by Crippen LogP contribution is -2.11. The first-order valence-electron chi connectivity index (χ1n) is 4.91. The summed E-state index contributed by atoms with van der Waals surface area (Å²) in [5.41, 5.74) is 4.59. The molecule has 0 bridgehead atoms. The first-order valence-corrected chi connectivity index (χ1v) is 4.91. The topological polar surface area (TPSA) is 29.3 Å². The van der Waals surface area contributed by atoms with Gasteiger partial charge in [0.05, 0.1) is 12.1 Å². The maximum atomic E-state index is 12.7. The molecule has 2 N–H and O–H groups in total. The molecule has 17 heavy (non-hydrogen) atoms. The van der Waals surface area contributed by atoms with Crippen molar-refractivity contribution in [1.29, 1.82) is 0 Å². The third kappa shape index (κ3) is 4.00. The fraction of sp³-hybridized carbons (Fsp3) is 0.333. The van der Waals surface area contributed by atoms with Gasteiger partial charge in [0, 0.05) is 11.3 Å². The van der Waals surface area contributed by atoms with Gasteiger partial charge in [0.2, 0.25) is 0 Å². The second-order valence-electron chi connectivity index (χ2n) is 3.84. The Morgan fingerprint density at radius 2 is 1.94 bits per heavy atom. The van der Waals surface area contributed by atoms with Crippen molar-refractivity contribution in [2.75, 3.05) is 26.4 Å². The number of halogens is 3. The van der Waals surface area contributed by atoms with Gasteiger partial charge < -0.3 is 5.73 Å². The van der Waals surface area contributed by atoms with Gasteiger partial charge in [-0.25, -0.2) is 0 Å². The van der Waals surface area contributed by atoms with Crippen molar-refractivity contribution in [1.82, 2.24) is 4.90 Å². The van der Waals surface area contributed by atoms with E-state index in [-0.39, 0.29) is 11.3 Å². The van der Waals surface area contributed by atoms with Crippen molar-refractivity contribution in [3.05, 3.63) is 29.3 Å². The summed E-state index contributed by atoms with van der Waals surface area (Å²) in [4.78, 5) is 1.78. The molecule has 0 aliphatic rings. The maximum absolute atomic E-state index is 12.7. The summed E-state index contributed by atoms with van der Waals surface area (Å²) in [6, 6.07) is 3.61. The highest BCUT2D eigenvalue weighted by atomic mass is 19.4. The third-order valence-electron chi connectivity index (χ3n) is 1.97. The van der Waals surface area contributed by atoms with Crippen molar-refractivity contribution in [3.8, 4) is 11.8 Å². The number of hydrogen-bond acceptors (Lipinski definition) is 2. The van der Waals surface area contributed by atoms with Crippen molar-refractivity contribution < 1.29 is 13.2 Å².